The number of likely N-dealkylation sites (N-methyl/N-ethyl adjacent to an activating group) is 1. The van der Waals surface area contributed by atoms with Crippen LogP contribution in [0.15, 0.2) is 36.8 Å². The molecule has 36 heavy (non-hydrogen) atoms. The third kappa shape index (κ3) is 3.56. The van der Waals surface area contributed by atoms with Crippen molar-refractivity contribution in [3.63, 3.8) is 0 Å². The Balaban J connectivity index is 1.43. The number of pyridine rings is 1. The van der Waals surface area contributed by atoms with Crippen LogP contribution >= 0.6 is 0 Å². The average Bonchev–Trinajstić information content (AvgIpc) is 3.31. The maximum absolute atomic E-state index is 13.9. The highest BCUT2D eigenvalue weighted by molar-refractivity contribution is 6.00. The molecule has 186 valence electrons. The summed E-state index contributed by atoms with van der Waals surface area (Å²) < 4.78 is 52.2. The molecule has 1 unspecified atom stereocenters. The van der Waals surface area contributed by atoms with Crippen LogP contribution in [0.1, 0.15) is 44.8 Å². The van der Waals surface area contributed by atoms with Crippen LogP contribution in [-0.2, 0) is 22.3 Å². The van der Waals surface area contributed by atoms with Crippen molar-refractivity contribution in [3.8, 4) is 0 Å². The topological polar surface area (TPSA) is 108 Å². The predicted octanol–water partition coefficient (Wildman–Crippen LogP) is 3.34. The van der Waals surface area contributed by atoms with Crippen molar-refractivity contribution in [2.24, 2.45) is 0 Å². The highest BCUT2D eigenvalue weighted by Gasteiger charge is 2.36. The molecule has 0 saturated carbocycles. The van der Waals surface area contributed by atoms with E-state index in [0.29, 0.717) is 46.7 Å². The summed E-state index contributed by atoms with van der Waals surface area (Å²) in [5.74, 6) is 0.0353. The average molecular weight is 498 g/mol. The minimum Gasteiger partial charge on any atom is -0.382 e. The lowest BCUT2D eigenvalue weighted by Gasteiger charge is -2.34. The van der Waals surface area contributed by atoms with Crippen molar-refractivity contribution in [3.05, 3.63) is 64.9 Å². The number of aromatic nitrogens is 4. The van der Waals surface area contributed by atoms with Gasteiger partial charge in [0.25, 0.3) is 5.91 Å². The van der Waals surface area contributed by atoms with E-state index in [9.17, 15) is 18.0 Å². The molecule has 1 saturated heterocycles. The molecule has 12 heteroatoms. The Kier molecular flexibility index (Phi) is 5.12. The molecular formula is C24H21F3N6O3. The van der Waals surface area contributed by atoms with Crippen molar-refractivity contribution >= 4 is 28.3 Å². The van der Waals surface area contributed by atoms with Crippen LogP contribution in [0.5, 0.6) is 0 Å². The van der Waals surface area contributed by atoms with Crippen molar-refractivity contribution in [2.45, 2.75) is 24.7 Å². The number of hydrogen-bond donors (Lipinski definition) is 1. The highest BCUT2D eigenvalue weighted by Crippen LogP contribution is 2.36. The number of benzene rings is 1. The second-order valence-electron chi connectivity index (χ2n) is 8.99. The number of nitrogens with two attached hydrogens (primary N) is 1. The second-order valence-corrected chi connectivity index (χ2v) is 8.99. The second kappa shape index (κ2) is 8.14. The van der Waals surface area contributed by atoms with E-state index in [1.165, 1.54) is 11.0 Å². The molecule has 1 amide bonds. The molecule has 0 radical (unpaired) electrons. The van der Waals surface area contributed by atoms with Crippen molar-refractivity contribution in [2.75, 3.05) is 32.6 Å². The molecule has 3 aromatic heterocycles. The van der Waals surface area contributed by atoms with E-state index in [1.807, 2.05) is 6.07 Å². The summed E-state index contributed by atoms with van der Waals surface area (Å²) in [6.45, 7) is 1.03. The van der Waals surface area contributed by atoms with E-state index in [1.54, 1.807) is 30.0 Å². The Labute approximate surface area is 202 Å². The first-order valence-electron chi connectivity index (χ1n) is 11.3. The lowest BCUT2D eigenvalue weighted by Crippen LogP contribution is -2.38. The van der Waals surface area contributed by atoms with E-state index in [4.69, 9.17) is 15.2 Å². The van der Waals surface area contributed by atoms with Gasteiger partial charge in [0.15, 0.2) is 0 Å². The number of amides is 1. The van der Waals surface area contributed by atoms with Gasteiger partial charge in [-0.25, -0.2) is 15.0 Å². The molecule has 1 aromatic carbocycles. The molecule has 6 rings (SSSR count). The summed E-state index contributed by atoms with van der Waals surface area (Å²) in [5, 5.41) is 0. The van der Waals surface area contributed by atoms with Gasteiger partial charge < -0.3 is 20.1 Å². The Bertz CT molecular complexity index is 1510. The Morgan fingerprint density at radius 1 is 1.11 bits per heavy atom. The van der Waals surface area contributed by atoms with Crippen LogP contribution in [0.4, 0.5) is 19.0 Å². The molecule has 0 aliphatic carbocycles. The summed E-state index contributed by atoms with van der Waals surface area (Å²) in [5.41, 5.74) is 8.95. The fourth-order valence-corrected chi connectivity index (χ4v) is 4.78. The molecule has 0 bridgehead atoms. The molecule has 1 atom stereocenters. The molecule has 2 aliphatic rings. The summed E-state index contributed by atoms with van der Waals surface area (Å²) >= 11 is 0. The first-order chi connectivity index (χ1) is 17.2. The highest BCUT2D eigenvalue weighted by atomic mass is 19.4. The summed E-state index contributed by atoms with van der Waals surface area (Å²) in [6.07, 6.45) is -1.36. The SMILES string of the molecule is CN(C(=O)c1cc2c(cc1C1COC1)nc(N)c1cncn12)C1COCc2nc(C(F)(F)F)ccc21. The normalized spacial score (nSPS) is 18.3. The van der Waals surface area contributed by atoms with Crippen LogP contribution < -0.4 is 5.73 Å². The Hall–Kier alpha value is -3.77. The maximum Gasteiger partial charge on any atom is 0.433 e. The van der Waals surface area contributed by atoms with Gasteiger partial charge in [-0.15, -0.1) is 0 Å². The lowest BCUT2D eigenvalue weighted by molar-refractivity contribution is -0.141. The largest absolute Gasteiger partial charge is 0.433 e. The molecule has 1 fully saturated rings. The molecular weight excluding hydrogens is 477 g/mol. The van der Waals surface area contributed by atoms with Crippen LogP contribution in [-0.4, -0.2) is 57.0 Å². The van der Waals surface area contributed by atoms with E-state index >= 15 is 0 Å². The van der Waals surface area contributed by atoms with E-state index in [-0.39, 0.29) is 30.7 Å². The number of nitrogens with zero attached hydrogens (tertiary/aromatic N) is 5. The number of halogens is 3. The van der Waals surface area contributed by atoms with Crippen LogP contribution in [0.25, 0.3) is 16.6 Å². The van der Waals surface area contributed by atoms with Crippen molar-refractivity contribution in [1.29, 1.82) is 0 Å². The van der Waals surface area contributed by atoms with Crippen molar-refractivity contribution in [1.82, 2.24) is 24.3 Å². The monoisotopic (exact) mass is 498 g/mol. The standard InChI is InChI=1S/C24H21F3N6O3/c1-32(20-10-36-9-17-13(20)2-3-21(30-17)24(25,26)27)23(34)15-5-18-16(4-14(15)12-7-35-8-12)31-22(28)19-6-29-11-33(18)19/h2-6,11-12,20H,7-10H2,1H3,(H2,28,31). The van der Waals surface area contributed by atoms with Gasteiger partial charge in [0.05, 0.1) is 61.7 Å². The number of carbonyl (C=O) groups excluding carboxylic acids is 1. The van der Waals surface area contributed by atoms with Gasteiger partial charge in [0.1, 0.15) is 17.0 Å². The number of nitrogen functional groups attached to an aromatic ring is 1. The molecule has 9 nitrogen and oxygen atoms in total. The first-order valence-corrected chi connectivity index (χ1v) is 11.3. The zero-order chi connectivity index (χ0) is 25.2. The van der Waals surface area contributed by atoms with Crippen LogP contribution in [0.2, 0.25) is 0 Å². The summed E-state index contributed by atoms with van der Waals surface area (Å²) in [4.78, 5) is 27.8. The fraction of sp³-hybridized carbons (Fsp3) is 0.333. The molecule has 0 spiro atoms. The number of imidazole rings is 1. The first kappa shape index (κ1) is 22.7. The molecule has 2 aliphatic heterocycles. The zero-order valence-electron chi connectivity index (χ0n) is 19.1. The maximum atomic E-state index is 13.9. The van der Waals surface area contributed by atoms with Gasteiger partial charge >= 0.3 is 6.18 Å². The van der Waals surface area contributed by atoms with E-state index < -0.39 is 17.9 Å². The summed E-state index contributed by atoms with van der Waals surface area (Å²) in [7, 11) is 1.61. The number of fused-ring (bicyclic) bond motifs is 4. The fourth-order valence-electron chi connectivity index (χ4n) is 4.78. The van der Waals surface area contributed by atoms with Gasteiger partial charge in [0, 0.05) is 24.1 Å². The molecule has 4 aromatic rings. The van der Waals surface area contributed by atoms with E-state index in [2.05, 4.69) is 15.0 Å². The lowest BCUT2D eigenvalue weighted by atomic mass is 9.90. The Morgan fingerprint density at radius 3 is 2.64 bits per heavy atom. The number of rotatable bonds is 3. The van der Waals surface area contributed by atoms with Crippen LogP contribution in [0.3, 0.4) is 0 Å². The minimum atomic E-state index is -4.56. The minimum absolute atomic E-state index is 0.00848. The number of hydrogen-bond acceptors (Lipinski definition) is 7. The van der Waals surface area contributed by atoms with Gasteiger partial charge in [0.2, 0.25) is 0 Å². The number of ether oxygens (including phenoxy) is 2. The van der Waals surface area contributed by atoms with Crippen molar-refractivity contribution < 1.29 is 27.4 Å². The van der Waals surface area contributed by atoms with Gasteiger partial charge in [-0.05, 0) is 23.8 Å². The van der Waals surface area contributed by atoms with Crippen LogP contribution in [0, 0.1) is 0 Å². The number of carbonyl (C=O) groups is 1. The van der Waals surface area contributed by atoms with Gasteiger partial charge in [-0.3, -0.25) is 9.20 Å². The van der Waals surface area contributed by atoms with E-state index in [0.717, 1.165) is 11.6 Å². The number of alkyl halides is 3. The summed E-state index contributed by atoms with van der Waals surface area (Å²) in [6, 6.07) is 5.33. The third-order valence-corrected chi connectivity index (χ3v) is 6.82. The quantitative estimate of drug-likeness (QED) is 0.462. The van der Waals surface area contributed by atoms with Gasteiger partial charge in [-0.1, -0.05) is 6.07 Å². The molecule has 2 N–H and O–H groups in total. The number of anilines is 1. The smallest absolute Gasteiger partial charge is 0.382 e. The Morgan fingerprint density at radius 2 is 1.92 bits per heavy atom. The van der Waals surface area contributed by atoms with Gasteiger partial charge in [-0.2, -0.15) is 13.2 Å². The molecule has 5 heterocycles. The zero-order valence-corrected chi connectivity index (χ0v) is 19.1. The predicted molar refractivity (Wildman–Crippen MR) is 122 cm³/mol. The third-order valence-electron chi connectivity index (χ3n) is 6.82.